The van der Waals surface area contributed by atoms with Crippen molar-refractivity contribution in [2.24, 2.45) is 0 Å². The summed E-state index contributed by atoms with van der Waals surface area (Å²) in [4.78, 5) is 29.2. The van der Waals surface area contributed by atoms with Crippen molar-refractivity contribution >= 4 is 22.4 Å². The van der Waals surface area contributed by atoms with Gasteiger partial charge in [-0.2, -0.15) is 0 Å². The molecule has 0 saturated carbocycles. The number of carbonyl (C=O) groups excluding carboxylic acids is 2. The summed E-state index contributed by atoms with van der Waals surface area (Å²) < 4.78 is 33.2. The lowest BCUT2D eigenvalue weighted by Crippen LogP contribution is -2.33. The highest BCUT2D eigenvalue weighted by atomic mass is 32.2. The summed E-state index contributed by atoms with van der Waals surface area (Å²) in [5, 5.41) is 0. The Bertz CT molecular complexity index is 1230. The molecule has 32 heavy (non-hydrogen) atoms. The minimum Gasteiger partial charge on any atom is -0.444 e. The standard InChI is InChI=1S/C23H25N3O5S/c1-23(2,3)31-22(28)25(4)14-17-12-21(20-10-6-5-8-18(20)16-27)26(15-17)32(29,30)19-9-7-11-24-13-19/h5-13,15-16H,14H2,1-4H3. The number of hydrogen-bond donors (Lipinski definition) is 0. The van der Waals surface area contributed by atoms with Gasteiger partial charge in [0.15, 0.2) is 6.29 Å². The lowest BCUT2D eigenvalue weighted by atomic mass is 10.1. The zero-order valence-corrected chi connectivity index (χ0v) is 19.2. The average Bonchev–Trinajstić information content (AvgIpc) is 3.17. The molecule has 0 atom stereocenters. The summed E-state index contributed by atoms with van der Waals surface area (Å²) in [5.74, 6) is 0. The molecule has 0 N–H and O–H groups in total. The van der Waals surface area contributed by atoms with Crippen LogP contribution < -0.4 is 0 Å². The molecule has 0 unspecified atom stereocenters. The second kappa shape index (κ2) is 8.96. The Balaban J connectivity index is 2.09. The molecule has 1 aromatic carbocycles. The smallest absolute Gasteiger partial charge is 0.410 e. The predicted octanol–water partition coefficient (Wildman–Crippen LogP) is 3.97. The van der Waals surface area contributed by atoms with Crippen LogP contribution in [0.1, 0.15) is 36.7 Å². The highest BCUT2D eigenvalue weighted by Crippen LogP contribution is 2.29. The van der Waals surface area contributed by atoms with Gasteiger partial charge in [-0.3, -0.25) is 9.78 Å². The summed E-state index contributed by atoms with van der Waals surface area (Å²) in [6.45, 7) is 5.42. The van der Waals surface area contributed by atoms with Crippen molar-refractivity contribution in [3.63, 3.8) is 0 Å². The highest BCUT2D eigenvalue weighted by Gasteiger charge is 2.25. The van der Waals surface area contributed by atoms with Gasteiger partial charge in [0, 0.05) is 36.8 Å². The fourth-order valence-corrected chi connectivity index (χ4v) is 4.46. The lowest BCUT2D eigenvalue weighted by molar-refractivity contribution is 0.0285. The molecule has 0 bridgehead atoms. The number of aromatic nitrogens is 2. The second-order valence-electron chi connectivity index (χ2n) is 8.26. The minimum absolute atomic E-state index is 0.00693. The third kappa shape index (κ3) is 5.05. The molecule has 0 aliphatic heterocycles. The van der Waals surface area contributed by atoms with Gasteiger partial charge in [-0.25, -0.2) is 17.2 Å². The van der Waals surface area contributed by atoms with E-state index in [-0.39, 0.29) is 11.4 Å². The van der Waals surface area contributed by atoms with Crippen molar-refractivity contribution in [2.75, 3.05) is 7.05 Å². The molecule has 0 saturated heterocycles. The number of benzene rings is 1. The molecule has 3 aromatic rings. The van der Waals surface area contributed by atoms with Crippen LogP contribution >= 0.6 is 0 Å². The van der Waals surface area contributed by atoms with E-state index >= 15 is 0 Å². The van der Waals surface area contributed by atoms with E-state index in [0.717, 1.165) is 3.97 Å². The minimum atomic E-state index is -4.00. The van der Waals surface area contributed by atoms with Gasteiger partial charge in [0.1, 0.15) is 10.5 Å². The summed E-state index contributed by atoms with van der Waals surface area (Å²) in [5.41, 5.74) is 1.02. The van der Waals surface area contributed by atoms with Gasteiger partial charge in [-0.15, -0.1) is 0 Å². The quantitative estimate of drug-likeness (QED) is 0.522. The Morgan fingerprint density at radius 2 is 1.91 bits per heavy atom. The molecule has 8 nitrogen and oxygen atoms in total. The Kier molecular flexibility index (Phi) is 6.50. The van der Waals surface area contributed by atoms with Gasteiger partial charge in [-0.05, 0) is 44.5 Å². The maximum atomic E-state index is 13.4. The van der Waals surface area contributed by atoms with Gasteiger partial charge in [0.25, 0.3) is 10.0 Å². The van der Waals surface area contributed by atoms with E-state index in [1.807, 2.05) is 0 Å². The molecule has 0 aliphatic carbocycles. The van der Waals surface area contributed by atoms with Crippen LogP contribution in [0.5, 0.6) is 0 Å². The van der Waals surface area contributed by atoms with E-state index in [9.17, 15) is 18.0 Å². The second-order valence-corrected chi connectivity index (χ2v) is 10.1. The molecule has 2 heterocycles. The number of pyridine rings is 1. The molecule has 0 spiro atoms. The first-order chi connectivity index (χ1) is 15.0. The number of hydrogen-bond acceptors (Lipinski definition) is 6. The summed E-state index contributed by atoms with van der Waals surface area (Å²) in [6.07, 6.45) is 4.33. The van der Waals surface area contributed by atoms with Gasteiger partial charge in [-0.1, -0.05) is 24.3 Å². The van der Waals surface area contributed by atoms with Crippen molar-refractivity contribution in [1.29, 1.82) is 0 Å². The van der Waals surface area contributed by atoms with E-state index in [2.05, 4.69) is 4.98 Å². The van der Waals surface area contributed by atoms with Gasteiger partial charge in [0.2, 0.25) is 0 Å². The number of carbonyl (C=O) groups is 2. The van der Waals surface area contributed by atoms with Crippen LogP contribution in [-0.2, 0) is 21.3 Å². The lowest BCUT2D eigenvalue weighted by Gasteiger charge is -2.24. The normalized spacial score (nSPS) is 11.8. The van der Waals surface area contributed by atoms with Gasteiger partial charge < -0.3 is 9.64 Å². The monoisotopic (exact) mass is 455 g/mol. The molecule has 2 aromatic heterocycles. The summed E-state index contributed by atoms with van der Waals surface area (Å²) in [6, 6.07) is 11.3. The first-order valence-corrected chi connectivity index (χ1v) is 11.3. The molecule has 9 heteroatoms. The number of ether oxygens (including phenoxy) is 1. The van der Waals surface area contributed by atoms with Crippen LogP contribution in [0, 0.1) is 0 Å². The SMILES string of the molecule is CN(Cc1cc(-c2ccccc2C=O)n(S(=O)(=O)c2cccnc2)c1)C(=O)OC(C)(C)C. The fraction of sp³-hybridized carbons (Fsp3) is 0.261. The van der Waals surface area contributed by atoms with Crippen molar-refractivity contribution in [1.82, 2.24) is 13.9 Å². The Morgan fingerprint density at radius 1 is 1.19 bits per heavy atom. The van der Waals surface area contributed by atoms with E-state index in [4.69, 9.17) is 4.74 Å². The number of nitrogens with zero attached hydrogens (tertiary/aromatic N) is 3. The van der Waals surface area contributed by atoms with Crippen LogP contribution in [0.25, 0.3) is 11.3 Å². The fourth-order valence-electron chi connectivity index (χ4n) is 3.10. The number of aldehydes is 1. The van der Waals surface area contributed by atoms with E-state index in [0.29, 0.717) is 28.7 Å². The largest absolute Gasteiger partial charge is 0.444 e. The third-order valence-electron chi connectivity index (χ3n) is 4.52. The first kappa shape index (κ1) is 23.2. The van der Waals surface area contributed by atoms with E-state index < -0.39 is 21.7 Å². The molecule has 0 radical (unpaired) electrons. The molecule has 1 amide bonds. The summed E-state index contributed by atoms with van der Waals surface area (Å²) in [7, 11) is -2.43. The summed E-state index contributed by atoms with van der Waals surface area (Å²) >= 11 is 0. The van der Waals surface area contributed by atoms with Crippen LogP contribution in [0.15, 0.2) is 66.0 Å². The van der Waals surface area contributed by atoms with Crippen molar-refractivity contribution in [3.05, 3.63) is 72.2 Å². The van der Waals surface area contributed by atoms with Crippen LogP contribution in [0.3, 0.4) is 0 Å². The Hall–Kier alpha value is -3.46. The molecule has 3 rings (SSSR count). The first-order valence-electron chi connectivity index (χ1n) is 9.88. The predicted molar refractivity (Wildman–Crippen MR) is 120 cm³/mol. The maximum Gasteiger partial charge on any atom is 0.410 e. The van der Waals surface area contributed by atoms with Crippen molar-refractivity contribution in [3.8, 4) is 11.3 Å². The molecule has 0 aliphatic rings. The molecular weight excluding hydrogens is 430 g/mol. The van der Waals surface area contributed by atoms with Crippen molar-refractivity contribution < 1.29 is 22.7 Å². The average molecular weight is 456 g/mol. The Labute approximate surface area is 187 Å². The number of amides is 1. The van der Waals surface area contributed by atoms with Gasteiger partial charge >= 0.3 is 6.09 Å². The molecule has 168 valence electrons. The topological polar surface area (TPSA) is 98.6 Å². The van der Waals surface area contributed by atoms with Crippen LogP contribution in [0.4, 0.5) is 4.79 Å². The Morgan fingerprint density at radius 3 is 2.53 bits per heavy atom. The van der Waals surface area contributed by atoms with Gasteiger partial charge in [0.05, 0.1) is 12.2 Å². The maximum absolute atomic E-state index is 13.4. The van der Waals surface area contributed by atoms with Crippen molar-refractivity contribution in [2.45, 2.75) is 37.8 Å². The van der Waals surface area contributed by atoms with E-state index in [1.54, 1.807) is 58.2 Å². The van der Waals surface area contributed by atoms with Crippen LogP contribution in [0.2, 0.25) is 0 Å². The molecular formula is C23H25N3O5S. The zero-order valence-electron chi connectivity index (χ0n) is 18.3. The zero-order chi connectivity index (χ0) is 23.5. The van der Waals surface area contributed by atoms with Crippen LogP contribution in [-0.4, -0.2) is 47.3 Å². The third-order valence-corrected chi connectivity index (χ3v) is 6.18. The molecule has 0 fully saturated rings. The van der Waals surface area contributed by atoms with E-state index in [1.165, 1.54) is 35.6 Å². The number of rotatable bonds is 6. The highest BCUT2D eigenvalue weighted by molar-refractivity contribution is 7.90.